The first-order valence-corrected chi connectivity index (χ1v) is 7.81. The number of nitrogens with two attached hydrogens (primary N) is 1. The predicted octanol–water partition coefficient (Wildman–Crippen LogP) is 2.40. The second kappa shape index (κ2) is 6.05. The van der Waals surface area contributed by atoms with Crippen LogP contribution in [-0.4, -0.2) is 32.9 Å². The fourth-order valence-corrected chi connectivity index (χ4v) is 2.38. The standard InChI is InChI=1S/C18H21N5O/c1-11-4-5-12-7-14(22-13(12)6-11)15-8-20-9-16(23-15)17(24)21-10-18(2,3)19/h4-9,22H,10,19H2,1-3H3,(H,21,24). The summed E-state index contributed by atoms with van der Waals surface area (Å²) in [6, 6.07) is 8.19. The summed E-state index contributed by atoms with van der Waals surface area (Å²) in [5.41, 5.74) is 9.35. The van der Waals surface area contributed by atoms with Gasteiger partial charge in [-0.3, -0.25) is 9.78 Å². The third-order valence-corrected chi connectivity index (χ3v) is 3.63. The van der Waals surface area contributed by atoms with Gasteiger partial charge in [-0.1, -0.05) is 12.1 Å². The van der Waals surface area contributed by atoms with Crippen LogP contribution in [0.3, 0.4) is 0 Å². The molecular formula is C18H21N5O. The van der Waals surface area contributed by atoms with Crippen molar-refractivity contribution < 1.29 is 4.79 Å². The van der Waals surface area contributed by atoms with Crippen molar-refractivity contribution in [3.05, 3.63) is 47.9 Å². The Balaban J connectivity index is 1.87. The van der Waals surface area contributed by atoms with E-state index in [0.29, 0.717) is 12.2 Å². The average molecular weight is 323 g/mol. The van der Waals surface area contributed by atoms with Crippen LogP contribution in [0.2, 0.25) is 0 Å². The fraction of sp³-hybridized carbons (Fsp3) is 0.278. The van der Waals surface area contributed by atoms with Crippen molar-refractivity contribution >= 4 is 16.8 Å². The number of nitrogens with one attached hydrogen (secondary N) is 2. The maximum Gasteiger partial charge on any atom is 0.271 e. The molecule has 0 radical (unpaired) electrons. The molecule has 0 atom stereocenters. The molecule has 2 aromatic heterocycles. The summed E-state index contributed by atoms with van der Waals surface area (Å²) in [5, 5.41) is 3.87. The zero-order chi connectivity index (χ0) is 17.3. The molecule has 3 aromatic rings. The van der Waals surface area contributed by atoms with Crippen LogP contribution in [0.15, 0.2) is 36.7 Å². The first-order chi connectivity index (χ1) is 11.3. The molecular weight excluding hydrogens is 302 g/mol. The molecule has 0 unspecified atom stereocenters. The summed E-state index contributed by atoms with van der Waals surface area (Å²) in [6.07, 6.45) is 3.09. The number of rotatable bonds is 4. The molecule has 0 spiro atoms. The van der Waals surface area contributed by atoms with Crippen LogP contribution in [0.5, 0.6) is 0 Å². The van der Waals surface area contributed by atoms with E-state index in [9.17, 15) is 4.79 Å². The molecule has 0 saturated heterocycles. The second-order valence-corrected chi connectivity index (χ2v) is 6.73. The minimum absolute atomic E-state index is 0.270. The van der Waals surface area contributed by atoms with Gasteiger partial charge >= 0.3 is 0 Å². The third kappa shape index (κ3) is 3.60. The number of hydrogen-bond donors (Lipinski definition) is 3. The van der Waals surface area contributed by atoms with E-state index in [-0.39, 0.29) is 11.6 Å². The Morgan fingerprint density at radius 3 is 2.83 bits per heavy atom. The number of aromatic nitrogens is 3. The van der Waals surface area contributed by atoms with Gasteiger partial charge < -0.3 is 16.0 Å². The lowest BCUT2D eigenvalue weighted by molar-refractivity contribution is 0.0940. The number of H-pyrrole nitrogens is 1. The number of amides is 1. The number of carbonyl (C=O) groups excluding carboxylic acids is 1. The van der Waals surface area contributed by atoms with Gasteiger partial charge in [0.1, 0.15) is 11.4 Å². The lowest BCUT2D eigenvalue weighted by atomic mass is 10.1. The first-order valence-electron chi connectivity index (χ1n) is 7.81. The molecule has 0 aliphatic rings. The largest absolute Gasteiger partial charge is 0.353 e. The summed E-state index contributed by atoms with van der Waals surface area (Å²) in [6.45, 7) is 6.11. The quantitative estimate of drug-likeness (QED) is 0.687. The first kappa shape index (κ1) is 16.1. The zero-order valence-electron chi connectivity index (χ0n) is 14.1. The van der Waals surface area contributed by atoms with E-state index >= 15 is 0 Å². The number of nitrogens with zero attached hydrogens (tertiary/aromatic N) is 2. The second-order valence-electron chi connectivity index (χ2n) is 6.73. The van der Waals surface area contributed by atoms with Gasteiger partial charge in [0.2, 0.25) is 0 Å². The maximum absolute atomic E-state index is 12.2. The van der Waals surface area contributed by atoms with Crippen LogP contribution in [0, 0.1) is 6.92 Å². The van der Waals surface area contributed by atoms with E-state index in [2.05, 4.69) is 38.5 Å². The van der Waals surface area contributed by atoms with Crippen LogP contribution in [0.1, 0.15) is 29.9 Å². The van der Waals surface area contributed by atoms with E-state index < -0.39 is 5.54 Å². The van der Waals surface area contributed by atoms with E-state index in [1.165, 1.54) is 11.8 Å². The summed E-state index contributed by atoms with van der Waals surface area (Å²) >= 11 is 0. The molecule has 0 aliphatic heterocycles. The van der Waals surface area contributed by atoms with Crippen molar-refractivity contribution in [3.63, 3.8) is 0 Å². The molecule has 24 heavy (non-hydrogen) atoms. The normalized spacial score (nSPS) is 11.7. The van der Waals surface area contributed by atoms with E-state index in [1.807, 2.05) is 26.8 Å². The van der Waals surface area contributed by atoms with Crippen molar-refractivity contribution in [1.82, 2.24) is 20.3 Å². The minimum atomic E-state index is -0.476. The Labute approximate surface area is 140 Å². The van der Waals surface area contributed by atoms with Gasteiger partial charge in [0.05, 0.1) is 18.1 Å². The molecule has 1 aromatic carbocycles. The molecule has 3 rings (SSSR count). The summed E-state index contributed by atoms with van der Waals surface area (Å²) in [4.78, 5) is 24.1. The van der Waals surface area contributed by atoms with Crippen LogP contribution in [0.25, 0.3) is 22.3 Å². The smallest absolute Gasteiger partial charge is 0.271 e. The minimum Gasteiger partial charge on any atom is -0.353 e. The summed E-state index contributed by atoms with van der Waals surface area (Å²) in [5.74, 6) is -0.283. The Morgan fingerprint density at radius 1 is 1.29 bits per heavy atom. The van der Waals surface area contributed by atoms with Gasteiger partial charge in [-0.15, -0.1) is 0 Å². The van der Waals surface area contributed by atoms with Crippen molar-refractivity contribution in [2.75, 3.05) is 6.54 Å². The monoisotopic (exact) mass is 323 g/mol. The predicted molar refractivity (Wildman–Crippen MR) is 94.7 cm³/mol. The Hall–Kier alpha value is -2.73. The van der Waals surface area contributed by atoms with Crippen molar-refractivity contribution in [1.29, 1.82) is 0 Å². The maximum atomic E-state index is 12.2. The molecule has 4 N–H and O–H groups in total. The third-order valence-electron chi connectivity index (χ3n) is 3.63. The molecule has 1 amide bonds. The highest BCUT2D eigenvalue weighted by Gasteiger charge is 2.15. The van der Waals surface area contributed by atoms with Gasteiger partial charge in [-0.25, -0.2) is 4.98 Å². The van der Waals surface area contributed by atoms with Gasteiger partial charge in [-0.2, -0.15) is 0 Å². The van der Waals surface area contributed by atoms with Crippen molar-refractivity contribution in [2.24, 2.45) is 5.73 Å². The molecule has 0 fully saturated rings. The summed E-state index contributed by atoms with van der Waals surface area (Å²) < 4.78 is 0. The lowest BCUT2D eigenvalue weighted by Crippen LogP contribution is -2.45. The molecule has 124 valence electrons. The summed E-state index contributed by atoms with van der Waals surface area (Å²) in [7, 11) is 0. The van der Waals surface area contributed by atoms with Crippen LogP contribution < -0.4 is 11.1 Å². The highest BCUT2D eigenvalue weighted by molar-refractivity contribution is 5.92. The van der Waals surface area contributed by atoms with Crippen molar-refractivity contribution in [2.45, 2.75) is 26.3 Å². The molecule has 0 bridgehead atoms. The molecule has 2 heterocycles. The average Bonchev–Trinajstić information content (AvgIpc) is 2.95. The van der Waals surface area contributed by atoms with Crippen LogP contribution >= 0.6 is 0 Å². The molecule has 0 saturated carbocycles. The topological polar surface area (TPSA) is 96.7 Å². The number of aromatic amines is 1. The van der Waals surface area contributed by atoms with E-state index in [1.54, 1.807) is 6.20 Å². The van der Waals surface area contributed by atoms with Crippen molar-refractivity contribution in [3.8, 4) is 11.4 Å². The van der Waals surface area contributed by atoms with Gasteiger partial charge in [0.15, 0.2) is 0 Å². The number of carbonyl (C=O) groups is 1. The Kier molecular flexibility index (Phi) is 4.07. The Bertz CT molecular complexity index is 892. The molecule has 6 heteroatoms. The SMILES string of the molecule is Cc1ccc2cc(-c3cncc(C(=O)NCC(C)(C)N)n3)[nH]c2c1. The number of aryl methyl sites for hydroxylation is 1. The van der Waals surface area contributed by atoms with Gasteiger partial charge in [0.25, 0.3) is 5.91 Å². The van der Waals surface area contributed by atoms with Gasteiger partial charge in [0, 0.05) is 23.0 Å². The van der Waals surface area contributed by atoms with E-state index in [4.69, 9.17) is 5.73 Å². The number of fused-ring (bicyclic) bond motifs is 1. The zero-order valence-corrected chi connectivity index (χ0v) is 14.1. The molecule has 6 nitrogen and oxygen atoms in total. The highest BCUT2D eigenvalue weighted by Crippen LogP contribution is 2.23. The van der Waals surface area contributed by atoms with E-state index in [0.717, 1.165) is 16.6 Å². The number of hydrogen-bond acceptors (Lipinski definition) is 4. The fourth-order valence-electron chi connectivity index (χ4n) is 2.38. The highest BCUT2D eigenvalue weighted by atomic mass is 16.1. The lowest BCUT2D eigenvalue weighted by Gasteiger charge is -2.18. The van der Waals surface area contributed by atoms with Gasteiger partial charge in [-0.05, 0) is 38.5 Å². The van der Waals surface area contributed by atoms with Crippen LogP contribution in [0.4, 0.5) is 0 Å². The Morgan fingerprint density at radius 2 is 2.08 bits per heavy atom. The van der Waals surface area contributed by atoms with Crippen LogP contribution in [-0.2, 0) is 0 Å². The number of benzene rings is 1. The molecule has 0 aliphatic carbocycles.